The molecule has 0 fully saturated rings. The molecule has 0 bridgehead atoms. The van der Waals surface area contributed by atoms with Gasteiger partial charge in [-0.2, -0.15) is 0 Å². The van der Waals surface area contributed by atoms with Crippen molar-refractivity contribution in [1.82, 2.24) is 0 Å². The first-order valence-electron chi connectivity index (χ1n) is 5.19. The molecule has 0 aliphatic heterocycles. The van der Waals surface area contributed by atoms with Crippen LogP contribution in [0.3, 0.4) is 0 Å². The van der Waals surface area contributed by atoms with Crippen LogP contribution >= 0.6 is 0 Å². The van der Waals surface area contributed by atoms with Gasteiger partial charge in [0.05, 0.1) is 19.6 Å². The minimum atomic E-state index is -0.324. The maximum atomic E-state index is 11.1. The van der Waals surface area contributed by atoms with Gasteiger partial charge < -0.3 is 10.5 Å². The fraction of sp³-hybridized carbons (Fsp3) is 0.636. The summed E-state index contributed by atoms with van der Waals surface area (Å²) in [7, 11) is 0. The topological polar surface area (TPSA) is 69.4 Å². The van der Waals surface area contributed by atoms with E-state index in [-0.39, 0.29) is 31.1 Å². The van der Waals surface area contributed by atoms with Gasteiger partial charge in [-0.15, -0.1) is 6.58 Å². The van der Waals surface area contributed by atoms with Gasteiger partial charge in [-0.1, -0.05) is 6.08 Å². The number of rotatable bonds is 9. The highest BCUT2D eigenvalue weighted by Gasteiger charge is 2.05. The van der Waals surface area contributed by atoms with Crippen molar-refractivity contribution in [2.45, 2.75) is 32.1 Å². The van der Waals surface area contributed by atoms with E-state index in [4.69, 9.17) is 10.5 Å². The minimum Gasteiger partial charge on any atom is -0.466 e. The summed E-state index contributed by atoms with van der Waals surface area (Å²) in [5.41, 5.74) is 5.10. The Morgan fingerprint density at radius 2 is 2.00 bits per heavy atom. The number of ether oxygens (including phenoxy) is 1. The van der Waals surface area contributed by atoms with Crippen molar-refractivity contribution >= 4 is 11.8 Å². The third kappa shape index (κ3) is 9.15. The molecule has 0 aromatic rings. The van der Waals surface area contributed by atoms with E-state index in [2.05, 4.69) is 6.58 Å². The van der Waals surface area contributed by atoms with Gasteiger partial charge in [0.15, 0.2) is 0 Å². The van der Waals surface area contributed by atoms with Crippen LogP contribution in [0.4, 0.5) is 0 Å². The van der Waals surface area contributed by atoms with Gasteiger partial charge in [-0.05, 0) is 19.3 Å². The summed E-state index contributed by atoms with van der Waals surface area (Å²) >= 11 is 0. The van der Waals surface area contributed by atoms with Crippen LogP contribution in [0.2, 0.25) is 0 Å². The van der Waals surface area contributed by atoms with E-state index >= 15 is 0 Å². The normalized spacial score (nSPS) is 9.67. The summed E-state index contributed by atoms with van der Waals surface area (Å²) in [6, 6.07) is 0. The summed E-state index contributed by atoms with van der Waals surface area (Å²) in [4.78, 5) is 21.8. The van der Waals surface area contributed by atoms with Gasteiger partial charge in [-0.25, -0.2) is 0 Å². The number of allylic oxidation sites excluding steroid dienone is 1. The van der Waals surface area contributed by atoms with Crippen LogP contribution in [-0.2, 0) is 14.3 Å². The number of hydrogen-bond acceptors (Lipinski definition) is 4. The Morgan fingerprint density at radius 3 is 2.60 bits per heavy atom. The van der Waals surface area contributed by atoms with Crippen molar-refractivity contribution in [2.24, 2.45) is 5.73 Å². The van der Waals surface area contributed by atoms with E-state index < -0.39 is 0 Å². The van der Waals surface area contributed by atoms with E-state index in [0.717, 1.165) is 19.3 Å². The molecule has 0 aliphatic carbocycles. The molecule has 0 aromatic heterocycles. The van der Waals surface area contributed by atoms with Crippen molar-refractivity contribution < 1.29 is 14.3 Å². The second-order valence-electron chi connectivity index (χ2n) is 3.25. The lowest BCUT2D eigenvalue weighted by molar-refractivity contribution is -0.144. The second-order valence-corrected chi connectivity index (χ2v) is 3.25. The quantitative estimate of drug-likeness (QED) is 0.355. The number of ketones is 1. The molecule has 0 atom stereocenters. The lowest BCUT2D eigenvalue weighted by Crippen LogP contribution is -2.15. The molecule has 0 saturated heterocycles. The van der Waals surface area contributed by atoms with Crippen molar-refractivity contribution in [3.05, 3.63) is 12.7 Å². The molecule has 0 rings (SSSR count). The van der Waals surface area contributed by atoms with Crippen LogP contribution in [-0.4, -0.2) is 24.9 Å². The highest BCUT2D eigenvalue weighted by Crippen LogP contribution is 1.99. The van der Waals surface area contributed by atoms with Crippen LogP contribution in [0.1, 0.15) is 32.1 Å². The number of carbonyl (C=O) groups is 2. The van der Waals surface area contributed by atoms with Crippen molar-refractivity contribution in [3.63, 3.8) is 0 Å². The van der Waals surface area contributed by atoms with Crippen LogP contribution in [0.5, 0.6) is 0 Å². The van der Waals surface area contributed by atoms with Crippen molar-refractivity contribution in [3.8, 4) is 0 Å². The molecule has 0 aromatic carbocycles. The van der Waals surface area contributed by atoms with Crippen LogP contribution in [0, 0.1) is 0 Å². The SMILES string of the molecule is C=CCCCCOC(=O)CCC(=O)CN. The third-order valence-electron chi connectivity index (χ3n) is 1.90. The van der Waals surface area contributed by atoms with Gasteiger partial charge in [0.25, 0.3) is 0 Å². The zero-order valence-corrected chi connectivity index (χ0v) is 9.04. The number of carbonyl (C=O) groups excluding carboxylic acids is 2. The van der Waals surface area contributed by atoms with Crippen molar-refractivity contribution in [2.75, 3.05) is 13.2 Å². The Kier molecular flexibility index (Phi) is 8.67. The molecule has 4 nitrogen and oxygen atoms in total. The van der Waals surface area contributed by atoms with Crippen LogP contribution in [0.15, 0.2) is 12.7 Å². The molecule has 0 aliphatic rings. The molecule has 0 radical (unpaired) electrons. The van der Waals surface area contributed by atoms with E-state index in [0.29, 0.717) is 6.61 Å². The van der Waals surface area contributed by atoms with E-state index in [1.165, 1.54) is 0 Å². The molecule has 2 N–H and O–H groups in total. The minimum absolute atomic E-state index is 0.00733. The number of Topliss-reactive ketones (excluding diaryl/α,β-unsaturated/α-hetero) is 1. The van der Waals surface area contributed by atoms with Gasteiger partial charge in [0.2, 0.25) is 0 Å². The maximum absolute atomic E-state index is 11.1. The molecular weight excluding hydrogens is 194 g/mol. The smallest absolute Gasteiger partial charge is 0.306 e. The Balaban J connectivity index is 3.33. The molecule has 0 amide bonds. The molecule has 0 unspecified atom stereocenters. The Labute approximate surface area is 90.5 Å². The largest absolute Gasteiger partial charge is 0.466 e. The molecule has 86 valence electrons. The first-order chi connectivity index (χ1) is 7.20. The zero-order valence-electron chi connectivity index (χ0n) is 9.04. The molecule has 15 heavy (non-hydrogen) atoms. The van der Waals surface area contributed by atoms with Gasteiger partial charge in [0, 0.05) is 6.42 Å². The Morgan fingerprint density at radius 1 is 1.27 bits per heavy atom. The number of nitrogens with two attached hydrogens (primary N) is 1. The van der Waals surface area contributed by atoms with Gasteiger partial charge in [0.1, 0.15) is 5.78 Å². The predicted octanol–water partition coefficient (Wildman–Crippen LogP) is 1.19. The van der Waals surface area contributed by atoms with Crippen LogP contribution in [0.25, 0.3) is 0 Å². The third-order valence-corrected chi connectivity index (χ3v) is 1.90. The van der Waals surface area contributed by atoms with E-state index in [9.17, 15) is 9.59 Å². The summed E-state index contributed by atoms with van der Waals surface area (Å²) in [5.74, 6) is -0.436. The van der Waals surface area contributed by atoms with E-state index in [1.54, 1.807) is 0 Å². The molecule has 0 spiro atoms. The number of hydrogen-bond donors (Lipinski definition) is 1. The highest BCUT2D eigenvalue weighted by molar-refractivity contribution is 5.84. The maximum Gasteiger partial charge on any atom is 0.306 e. The average molecular weight is 213 g/mol. The summed E-state index contributed by atoms with van der Waals surface area (Å²) < 4.78 is 4.92. The highest BCUT2D eigenvalue weighted by atomic mass is 16.5. The fourth-order valence-electron chi connectivity index (χ4n) is 0.992. The predicted molar refractivity (Wildman–Crippen MR) is 58.3 cm³/mol. The van der Waals surface area contributed by atoms with Crippen molar-refractivity contribution in [1.29, 1.82) is 0 Å². The second kappa shape index (κ2) is 9.40. The fourth-order valence-corrected chi connectivity index (χ4v) is 0.992. The lowest BCUT2D eigenvalue weighted by Gasteiger charge is -2.03. The summed E-state index contributed by atoms with van der Waals surface area (Å²) in [6.45, 7) is 4.01. The summed E-state index contributed by atoms with van der Waals surface area (Å²) in [5, 5.41) is 0. The first kappa shape index (κ1) is 13.8. The Hall–Kier alpha value is -1.16. The molecule has 0 heterocycles. The van der Waals surface area contributed by atoms with E-state index in [1.807, 2.05) is 6.08 Å². The molecule has 4 heteroatoms. The number of unbranched alkanes of at least 4 members (excludes halogenated alkanes) is 2. The van der Waals surface area contributed by atoms with Gasteiger partial charge in [-0.3, -0.25) is 9.59 Å². The van der Waals surface area contributed by atoms with Gasteiger partial charge >= 0.3 is 5.97 Å². The molecular formula is C11H19NO3. The monoisotopic (exact) mass is 213 g/mol. The average Bonchev–Trinajstić information content (AvgIpc) is 2.25. The Bertz CT molecular complexity index is 214. The zero-order chi connectivity index (χ0) is 11.5. The first-order valence-corrected chi connectivity index (χ1v) is 5.19. The molecule has 0 saturated carbocycles. The summed E-state index contributed by atoms with van der Waals surface area (Å²) in [6.07, 6.45) is 4.89. The lowest BCUT2D eigenvalue weighted by atomic mass is 10.2. The standard InChI is InChI=1S/C11H19NO3/c1-2-3-4-5-8-15-11(14)7-6-10(13)9-12/h2H,1,3-9,12H2. The number of esters is 1. The van der Waals surface area contributed by atoms with Crippen LogP contribution < -0.4 is 5.73 Å².